The van der Waals surface area contributed by atoms with Crippen LogP contribution in [0.5, 0.6) is 5.75 Å². The van der Waals surface area contributed by atoms with Gasteiger partial charge in [-0.3, -0.25) is 14.9 Å². The Bertz CT molecular complexity index is 1100. The second-order valence-electron chi connectivity index (χ2n) is 6.02. The second-order valence-corrected chi connectivity index (χ2v) is 8.87. The number of nitrogens with one attached hydrogen (secondary N) is 1. The summed E-state index contributed by atoms with van der Waals surface area (Å²) < 4.78 is 36.9. The van der Waals surface area contributed by atoms with Gasteiger partial charge in [-0.1, -0.05) is 0 Å². The summed E-state index contributed by atoms with van der Waals surface area (Å²) in [7, 11) is -3.92. The van der Waals surface area contributed by atoms with Gasteiger partial charge < -0.3 is 14.8 Å². The zero-order valence-electron chi connectivity index (χ0n) is 15.4. The van der Waals surface area contributed by atoms with Crippen molar-refractivity contribution in [1.82, 2.24) is 4.31 Å². The average molecular weight is 452 g/mol. The van der Waals surface area contributed by atoms with Crippen molar-refractivity contribution in [2.45, 2.75) is 4.90 Å². The number of sulfonamides is 1. The van der Waals surface area contributed by atoms with Gasteiger partial charge in [0.25, 0.3) is 5.91 Å². The van der Waals surface area contributed by atoms with Gasteiger partial charge in [0.2, 0.25) is 10.0 Å². The molecule has 158 valence electrons. The number of hydrogen-bond donors (Lipinski definition) is 1. The molecule has 1 N–H and O–H groups in total. The van der Waals surface area contributed by atoms with Crippen LogP contribution in [-0.4, -0.2) is 56.5 Å². The first-order chi connectivity index (χ1) is 14.3. The third-order valence-electron chi connectivity index (χ3n) is 4.13. The summed E-state index contributed by atoms with van der Waals surface area (Å²) in [4.78, 5) is 22.4. The topological polar surface area (TPSA) is 152 Å². The predicted molar refractivity (Wildman–Crippen MR) is 106 cm³/mol. The number of benzene rings is 1. The van der Waals surface area contributed by atoms with Crippen LogP contribution in [0.2, 0.25) is 0 Å². The summed E-state index contributed by atoms with van der Waals surface area (Å²) in [6.07, 6.45) is 0. The van der Waals surface area contributed by atoms with Gasteiger partial charge in [-0.05, 0) is 23.6 Å². The number of carbonyl (C=O) groups is 1. The third kappa shape index (κ3) is 4.74. The Labute approximate surface area is 175 Å². The minimum absolute atomic E-state index is 0.155. The van der Waals surface area contributed by atoms with E-state index < -0.39 is 33.1 Å². The Morgan fingerprint density at radius 3 is 2.77 bits per heavy atom. The highest BCUT2D eigenvalue weighted by molar-refractivity contribution is 7.89. The molecule has 0 radical (unpaired) electrons. The number of amides is 1. The van der Waals surface area contributed by atoms with E-state index in [0.29, 0.717) is 5.00 Å². The zero-order chi connectivity index (χ0) is 21.7. The van der Waals surface area contributed by atoms with Gasteiger partial charge in [0, 0.05) is 19.2 Å². The van der Waals surface area contributed by atoms with Crippen LogP contribution in [0.4, 0.5) is 10.7 Å². The van der Waals surface area contributed by atoms with Crippen LogP contribution in [-0.2, 0) is 19.6 Å². The average Bonchev–Trinajstić information content (AvgIpc) is 3.19. The molecule has 0 aliphatic carbocycles. The van der Waals surface area contributed by atoms with Gasteiger partial charge >= 0.3 is 5.69 Å². The smallest absolute Gasteiger partial charge is 0.312 e. The number of nitriles is 1. The van der Waals surface area contributed by atoms with Crippen LogP contribution in [0.15, 0.2) is 34.5 Å². The normalized spacial score (nSPS) is 14.6. The Hall–Kier alpha value is -3.05. The lowest BCUT2D eigenvalue weighted by atomic mass is 10.3. The molecule has 30 heavy (non-hydrogen) atoms. The zero-order valence-corrected chi connectivity index (χ0v) is 17.1. The maximum Gasteiger partial charge on any atom is 0.312 e. The summed E-state index contributed by atoms with van der Waals surface area (Å²) in [6, 6.07) is 6.71. The number of nitro groups is 1. The number of nitro benzene ring substituents is 1. The molecule has 1 aromatic carbocycles. The third-order valence-corrected chi connectivity index (χ3v) is 6.86. The number of rotatable bonds is 7. The molecule has 1 aliphatic heterocycles. The molecule has 1 aromatic heterocycles. The largest absolute Gasteiger partial charge is 0.477 e. The van der Waals surface area contributed by atoms with Gasteiger partial charge in [-0.15, -0.1) is 11.3 Å². The minimum Gasteiger partial charge on any atom is -0.477 e. The Kier molecular flexibility index (Phi) is 6.63. The molecule has 13 heteroatoms. The van der Waals surface area contributed by atoms with Crippen molar-refractivity contribution < 1.29 is 27.6 Å². The van der Waals surface area contributed by atoms with Gasteiger partial charge in [-0.25, -0.2) is 8.42 Å². The number of hydrogen-bond acceptors (Lipinski definition) is 9. The number of ether oxygens (including phenoxy) is 2. The molecule has 0 unspecified atom stereocenters. The highest BCUT2D eigenvalue weighted by atomic mass is 32.2. The molecule has 0 bridgehead atoms. The van der Waals surface area contributed by atoms with Crippen LogP contribution in [0.25, 0.3) is 0 Å². The summed E-state index contributed by atoms with van der Waals surface area (Å²) in [5.74, 6) is -0.865. The highest BCUT2D eigenvalue weighted by Gasteiger charge is 2.29. The lowest BCUT2D eigenvalue weighted by Crippen LogP contribution is -2.40. The molecule has 1 saturated heterocycles. The summed E-state index contributed by atoms with van der Waals surface area (Å²) in [5.41, 5.74) is -0.289. The van der Waals surface area contributed by atoms with Crippen molar-refractivity contribution >= 4 is 38.0 Å². The maximum absolute atomic E-state index is 12.7. The van der Waals surface area contributed by atoms with E-state index in [1.54, 1.807) is 11.4 Å². The fourth-order valence-electron chi connectivity index (χ4n) is 2.66. The van der Waals surface area contributed by atoms with Gasteiger partial charge in [0.1, 0.15) is 11.1 Å². The first-order valence-electron chi connectivity index (χ1n) is 8.59. The van der Waals surface area contributed by atoms with E-state index >= 15 is 0 Å². The lowest BCUT2D eigenvalue weighted by Gasteiger charge is -2.26. The van der Waals surface area contributed by atoms with Crippen molar-refractivity contribution in [3.63, 3.8) is 0 Å². The molecule has 0 atom stereocenters. The second kappa shape index (κ2) is 9.18. The molecule has 3 rings (SSSR count). The summed E-state index contributed by atoms with van der Waals surface area (Å²) in [5, 5.41) is 24.8. The fraction of sp³-hybridized carbons (Fsp3) is 0.294. The molecule has 0 spiro atoms. The summed E-state index contributed by atoms with van der Waals surface area (Å²) >= 11 is 1.15. The highest BCUT2D eigenvalue weighted by Crippen LogP contribution is 2.31. The molecular formula is C17H16N4O7S2. The van der Waals surface area contributed by atoms with Crippen LogP contribution in [0.3, 0.4) is 0 Å². The van der Waals surface area contributed by atoms with Crippen LogP contribution in [0.1, 0.15) is 5.56 Å². The van der Waals surface area contributed by atoms with Crippen molar-refractivity contribution in [2.75, 3.05) is 38.2 Å². The molecule has 2 aromatic rings. The van der Waals surface area contributed by atoms with Gasteiger partial charge in [0.05, 0.1) is 28.6 Å². The molecule has 1 aliphatic rings. The SMILES string of the molecule is N#Cc1ccsc1NC(=O)COc1ccc(S(=O)(=O)N2CCOCC2)cc1[N+](=O)[O-]. The Morgan fingerprint density at radius 1 is 1.37 bits per heavy atom. The van der Waals surface area contributed by atoms with E-state index in [4.69, 9.17) is 14.7 Å². The van der Waals surface area contributed by atoms with Crippen molar-refractivity contribution in [3.05, 3.63) is 45.3 Å². The first kappa shape index (κ1) is 21.7. The Balaban J connectivity index is 1.75. The van der Waals surface area contributed by atoms with Crippen molar-refractivity contribution in [1.29, 1.82) is 5.26 Å². The quantitative estimate of drug-likeness (QED) is 0.491. The van der Waals surface area contributed by atoms with E-state index in [9.17, 15) is 23.3 Å². The standard InChI is InChI=1S/C17H16N4O7S2/c18-10-12-3-8-29-17(12)19-16(22)11-28-15-2-1-13(9-14(15)21(23)24)30(25,26)20-4-6-27-7-5-20/h1-3,8-9H,4-7,11H2,(H,19,22). The van der Waals surface area contributed by atoms with Crippen molar-refractivity contribution in [3.8, 4) is 11.8 Å². The maximum atomic E-state index is 12.7. The number of carbonyl (C=O) groups excluding carboxylic acids is 1. The monoisotopic (exact) mass is 452 g/mol. The van der Waals surface area contributed by atoms with E-state index in [2.05, 4.69) is 5.32 Å². The van der Waals surface area contributed by atoms with E-state index in [-0.39, 0.29) is 42.5 Å². The van der Waals surface area contributed by atoms with Crippen LogP contribution in [0, 0.1) is 21.4 Å². The van der Waals surface area contributed by atoms with Crippen LogP contribution >= 0.6 is 11.3 Å². The van der Waals surface area contributed by atoms with E-state index in [1.807, 2.05) is 6.07 Å². The molecular weight excluding hydrogens is 436 g/mol. The number of morpholine rings is 1. The van der Waals surface area contributed by atoms with E-state index in [1.165, 1.54) is 10.4 Å². The number of anilines is 1. The molecule has 1 amide bonds. The molecule has 1 fully saturated rings. The van der Waals surface area contributed by atoms with Crippen molar-refractivity contribution in [2.24, 2.45) is 0 Å². The predicted octanol–water partition coefficient (Wildman–Crippen LogP) is 1.57. The van der Waals surface area contributed by atoms with Crippen LogP contribution < -0.4 is 10.1 Å². The molecule has 0 saturated carbocycles. The number of nitrogens with zero attached hydrogens (tertiary/aromatic N) is 3. The minimum atomic E-state index is -3.92. The fourth-order valence-corrected chi connectivity index (χ4v) is 4.84. The number of thiophene rings is 1. The molecule has 2 heterocycles. The molecule has 11 nitrogen and oxygen atoms in total. The first-order valence-corrected chi connectivity index (χ1v) is 10.9. The van der Waals surface area contributed by atoms with E-state index in [0.717, 1.165) is 23.5 Å². The summed E-state index contributed by atoms with van der Waals surface area (Å²) in [6.45, 7) is 0.244. The van der Waals surface area contributed by atoms with Gasteiger partial charge in [0.15, 0.2) is 12.4 Å². The lowest BCUT2D eigenvalue weighted by molar-refractivity contribution is -0.386. The Morgan fingerprint density at radius 2 is 2.10 bits per heavy atom. The van der Waals surface area contributed by atoms with Gasteiger partial charge in [-0.2, -0.15) is 9.57 Å².